The van der Waals surface area contributed by atoms with Crippen molar-refractivity contribution >= 4 is 19.8 Å². The van der Waals surface area contributed by atoms with Gasteiger partial charge in [-0.1, -0.05) is 347 Å². The summed E-state index contributed by atoms with van der Waals surface area (Å²) in [7, 11) is -4.40. The normalized spacial score (nSPS) is 13.7. The summed E-state index contributed by atoms with van der Waals surface area (Å²) in [5.41, 5.74) is 5.41. The van der Waals surface area contributed by atoms with Gasteiger partial charge in [0.15, 0.2) is 6.10 Å². The predicted octanol–water partition coefficient (Wildman–Crippen LogP) is 25.2. The minimum atomic E-state index is -4.40. The van der Waals surface area contributed by atoms with Crippen molar-refractivity contribution in [3.8, 4) is 0 Å². The second-order valence-electron chi connectivity index (χ2n) is 24.8. The highest BCUT2D eigenvalue weighted by atomic mass is 31.2. The summed E-state index contributed by atoms with van der Waals surface area (Å²) in [6, 6.07) is 0. The number of allylic oxidation sites excluding steroid dienone is 22. The number of phosphoric acid groups is 1. The standard InChI is InChI=1S/C81H140NO8P/c1-3-5-7-9-11-13-15-17-19-21-23-25-27-29-31-33-34-35-36-37-38-39-40-41-42-43-44-46-47-49-51-53-55-57-59-61-63-65-67-69-71-73-80(83)87-77-79(78-89-91(85,86)88-76-75-82)90-81(84)74-72-70-68-66-64-62-60-58-56-54-52-50-48-45-32-30-28-26-24-22-20-18-16-14-12-10-8-6-4-2/h5-8,11-14,17-20,23-26,30,32,48,50,54,56,79H,3-4,9-10,15-16,21-22,27-29,31,33-47,49,51-53,55,57-78,82H2,1-2H3,(H,85,86)/b7-5-,8-6-,13-11-,14-12-,19-17-,20-18-,25-23-,26-24-,32-30-,50-48-,56-54-. The lowest BCUT2D eigenvalue weighted by atomic mass is 10.0. The van der Waals surface area contributed by atoms with Crippen LogP contribution in [-0.2, 0) is 32.7 Å². The summed E-state index contributed by atoms with van der Waals surface area (Å²) in [5, 5.41) is 0. The van der Waals surface area contributed by atoms with Crippen molar-refractivity contribution in [3.63, 3.8) is 0 Å². The number of carbonyl (C=O) groups excluding carboxylic acids is 2. The fourth-order valence-electron chi connectivity index (χ4n) is 10.6. The number of hydrogen-bond acceptors (Lipinski definition) is 8. The summed E-state index contributed by atoms with van der Waals surface area (Å²) >= 11 is 0. The maximum Gasteiger partial charge on any atom is 0.472 e. The fourth-order valence-corrected chi connectivity index (χ4v) is 11.3. The van der Waals surface area contributed by atoms with Gasteiger partial charge in [-0.05, 0) is 109 Å². The first kappa shape index (κ1) is 87.2. The summed E-state index contributed by atoms with van der Waals surface area (Å²) in [4.78, 5) is 35.4. The second kappa shape index (κ2) is 75.2. The molecule has 0 heterocycles. The molecular formula is C81H140NO8P. The van der Waals surface area contributed by atoms with Crippen molar-refractivity contribution in [2.45, 2.75) is 341 Å². The van der Waals surface area contributed by atoms with Gasteiger partial charge in [-0.3, -0.25) is 18.6 Å². The van der Waals surface area contributed by atoms with Gasteiger partial charge in [-0.2, -0.15) is 0 Å². The molecule has 0 amide bonds. The van der Waals surface area contributed by atoms with E-state index in [1.807, 2.05) is 0 Å². The molecule has 0 aromatic carbocycles. The number of unbranched alkanes of at least 4 members (excludes halogenated alkanes) is 35. The van der Waals surface area contributed by atoms with Gasteiger partial charge in [-0.25, -0.2) is 4.57 Å². The average Bonchev–Trinajstić information content (AvgIpc) is 3.68. The molecule has 91 heavy (non-hydrogen) atoms. The molecule has 10 heteroatoms. The Bertz CT molecular complexity index is 1960. The van der Waals surface area contributed by atoms with E-state index >= 15 is 0 Å². The van der Waals surface area contributed by atoms with Crippen molar-refractivity contribution < 1.29 is 37.6 Å². The zero-order valence-corrected chi connectivity index (χ0v) is 59.7. The molecule has 9 nitrogen and oxygen atoms in total. The number of rotatable bonds is 70. The van der Waals surface area contributed by atoms with Gasteiger partial charge in [0, 0.05) is 19.4 Å². The van der Waals surface area contributed by atoms with E-state index in [1.165, 1.54) is 186 Å². The van der Waals surface area contributed by atoms with Crippen LogP contribution in [0.4, 0.5) is 0 Å². The molecule has 0 bridgehead atoms. The van der Waals surface area contributed by atoms with Gasteiger partial charge in [0.25, 0.3) is 0 Å². The maximum absolute atomic E-state index is 12.8. The van der Waals surface area contributed by atoms with Crippen LogP contribution in [-0.4, -0.2) is 49.3 Å². The van der Waals surface area contributed by atoms with Gasteiger partial charge in [0.1, 0.15) is 6.61 Å². The monoisotopic (exact) mass is 1290 g/mol. The molecule has 0 aromatic rings. The van der Waals surface area contributed by atoms with Crippen molar-refractivity contribution in [2.24, 2.45) is 5.73 Å². The molecule has 0 rings (SSSR count). The van der Waals surface area contributed by atoms with Crippen LogP contribution in [0, 0.1) is 0 Å². The summed E-state index contributed by atoms with van der Waals surface area (Å²) in [6.07, 6.45) is 107. The number of ether oxygens (including phenoxy) is 2. The molecule has 0 aromatic heterocycles. The van der Waals surface area contributed by atoms with Gasteiger partial charge in [0.2, 0.25) is 0 Å². The maximum atomic E-state index is 12.8. The summed E-state index contributed by atoms with van der Waals surface area (Å²) in [5.74, 6) is -0.834. The van der Waals surface area contributed by atoms with E-state index in [0.29, 0.717) is 6.42 Å². The van der Waals surface area contributed by atoms with Gasteiger partial charge >= 0.3 is 19.8 Å². The van der Waals surface area contributed by atoms with E-state index in [9.17, 15) is 19.0 Å². The number of hydrogen-bond donors (Lipinski definition) is 2. The van der Waals surface area contributed by atoms with Crippen LogP contribution in [0.5, 0.6) is 0 Å². The third kappa shape index (κ3) is 75.1. The Kier molecular flexibility index (Phi) is 72.0. The number of esters is 2. The zero-order chi connectivity index (χ0) is 65.8. The lowest BCUT2D eigenvalue weighted by molar-refractivity contribution is -0.161. The Morgan fingerprint density at radius 3 is 0.846 bits per heavy atom. The van der Waals surface area contributed by atoms with E-state index in [1.54, 1.807) is 0 Å². The molecule has 522 valence electrons. The van der Waals surface area contributed by atoms with Crippen LogP contribution in [0.2, 0.25) is 0 Å². The van der Waals surface area contributed by atoms with Crippen LogP contribution in [0.25, 0.3) is 0 Å². The molecule has 0 saturated heterocycles. The smallest absolute Gasteiger partial charge is 0.462 e. The van der Waals surface area contributed by atoms with Gasteiger partial charge in [0.05, 0.1) is 13.2 Å². The Labute approximate surface area is 561 Å². The summed E-state index contributed by atoms with van der Waals surface area (Å²) in [6.45, 7) is 3.53. The number of phosphoric ester groups is 1. The Hall–Kier alpha value is -3.85. The topological polar surface area (TPSA) is 134 Å². The lowest BCUT2D eigenvalue weighted by Gasteiger charge is -2.19. The minimum absolute atomic E-state index is 0.0471. The van der Waals surface area contributed by atoms with Gasteiger partial charge < -0.3 is 20.1 Å². The first-order chi connectivity index (χ1) is 44.8. The molecule has 0 aliphatic rings. The molecule has 0 saturated carbocycles. The summed E-state index contributed by atoms with van der Waals surface area (Å²) < 4.78 is 33.2. The first-order valence-electron chi connectivity index (χ1n) is 37.7. The van der Waals surface area contributed by atoms with Crippen LogP contribution < -0.4 is 5.73 Å². The van der Waals surface area contributed by atoms with Crippen molar-refractivity contribution in [2.75, 3.05) is 26.4 Å². The van der Waals surface area contributed by atoms with Crippen LogP contribution in [0.1, 0.15) is 335 Å². The van der Waals surface area contributed by atoms with E-state index in [-0.39, 0.29) is 38.6 Å². The number of carbonyl (C=O) groups is 2. The molecule has 2 unspecified atom stereocenters. The third-order valence-electron chi connectivity index (χ3n) is 16.0. The Morgan fingerprint density at radius 1 is 0.330 bits per heavy atom. The first-order valence-corrected chi connectivity index (χ1v) is 39.2. The van der Waals surface area contributed by atoms with Crippen molar-refractivity contribution in [1.82, 2.24) is 0 Å². The van der Waals surface area contributed by atoms with E-state index in [4.69, 9.17) is 24.3 Å². The zero-order valence-electron chi connectivity index (χ0n) is 58.8. The molecule has 3 N–H and O–H groups in total. The second-order valence-corrected chi connectivity index (χ2v) is 26.2. The minimum Gasteiger partial charge on any atom is -0.462 e. The van der Waals surface area contributed by atoms with E-state index < -0.39 is 26.5 Å². The molecule has 2 atom stereocenters. The predicted molar refractivity (Wildman–Crippen MR) is 394 cm³/mol. The van der Waals surface area contributed by atoms with Gasteiger partial charge in [-0.15, -0.1) is 0 Å². The van der Waals surface area contributed by atoms with Crippen LogP contribution in [0.3, 0.4) is 0 Å². The lowest BCUT2D eigenvalue weighted by Crippen LogP contribution is -2.29. The molecule has 0 aliphatic heterocycles. The molecule has 0 aliphatic carbocycles. The highest BCUT2D eigenvalue weighted by molar-refractivity contribution is 7.47. The Balaban J connectivity index is 3.82. The molecule has 0 fully saturated rings. The van der Waals surface area contributed by atoms with E-state index in [2.05, 4.69) is 148 Å². The van der Waals surface area contributed by atoms with E-state index in [0.717, 1.165) is 116 Å². The van der Waals surface area contributed by atoms with Crippen LogP contribution in [0.15, 0.2) is 134 Å². The van der Waals surface area contributed by atoms with Crippen molar-refractivity contribution in [3.05, 3.63) is 134 Å². The third-order valence-corrected chi connectivity index (χ3v) is 17.0. The Morgan fingerprint density at radius 2 is 0.571 bits per heavy atom. The molecule has 0 radical (unpaired) electrons. The van der Waals surface area contributed by atoms with Crippen LogP contribution >= 0.6 is 7.82 Å². The molecular weight excluding hydrogens is 1150 g/mol. The average molecular weight is 1290 g/mol. The SMILES string of the molecule is CC/C=C\C/C=C\C/C=C\C/C=C\C/C=C\C/C=C\C/C=C\CCCCCCCCCC(=O)OC(COC(=O)CCCCCCCCCCCCCCCCCCCCCCCCCCCCCC/C=C\C/C=C\C/C=C\C/C=C\CC)COP(=O)(O)OCCN. The largest absolute Gasteiger partial charge is 0.472 e. The highest BCUT2D eigenvalue weighted by Crippen LogP contribution is 2.43. The fraction of sp³-hybridized carbons (Fsp3) is 0.704. The highest BCUT2D eigenvalue weighted by Gasteiger charge is 2.26. The number of nitrogens with two attached hydrogens (primary N) is 1. The quantitative estimate of drug-likeness (QED) is 0.0264. The molecule has 0 spiro atoms. The van der Waals surface area contributed by atoms with Crippen molar-refractivity contribution in [1.29, 1.82) is 0 Å².